The number of hydrogen-bond acceptors (Lipinski definition) is 3. The molecule has 0 radical (unpaired) electrons. The molecular weight excluding hydrogens is 333 g/mol. The number of amides is 1. The van der Waals surface area contributed by atoms with Gasteiger partial charge in [0.1, 0.15) is 0 Å². The number of nitrogens with one attached hydrogen (secondary N) is 3. The molecule has 0 saturated carbocycles. The fourth-order valence-corrected chi connectivity index (χ4v) is 3.51. The van der Waals surface area contributed by atoms with Crippen molar-refractivity contribution in [2.75, 3.05) is 17.2 Å². The minimum Gasteiger partial charge on any atom is -0.372 e. The highest BCUT2D eigenvalue weighted by atomic mass is 35.5. The lowest BCUT2D eigenvalue weighted by atomic mass is 9.97. The van der Waals surface area contributed by atoms with Crippen molar-refractivity contribution in [2.24, 2.45) is 0 Å². The number of carbonyl (C=O) groups is 1. The number of rotatable bonds is 1. The quantitative estimate of drug-likeness (QED) is 0.733. The number of benzene rings is 2. The third-order valence-corrected chi connectivity index (χ3v) is 4.63. The van der Waals surface area contributed by atoms with Gasteiger partial charge in [-0.05, 0) is 29.8 Å². The molecule has 0 bridgehead atoms. The molecule has 23 heavy (non-hydrogen) atoms. The zero-order valence-corrected chi connectivity index (χ0v) is 13.5. The molecule has 2 heterocycles. The van der Waals surface area contributed by atoms with Crippen molar-refractivity contribution in [1.82, 2.24) is 5.32 Å². The predicted octanol–water partition coefficient (Wildman–Crippen LogP) is 3.96. The second kappa shape index (κ2) is 5.48. The van der Waals surface area contributed by atoms with Gasteiger partial charge in [-0.3, -0.25) is 4.79 Å². The molecule has 1 unspecified atom stereocenters. The van der Waals surface area contributed by atoms with Crippen LogP contribution in [0.3, 0.4) is 0 Å². The number of fused-ring (bicyclic) bond motifs is 1. The molecule has 4 rings (SSSR count). The topological polar surface area (TPSA) is 53.2 Å². The summed E-state index contributed by atoms with van der Waals surface area (Å²) in [5.74, 6) is -0.0937. The fraction of sp³-hybridized carbons (Fsp3) is 0.118. The normalized spacial score (nSPS) is 19.2. The average molecular weight is 346 g/mol. The number of halogens is 2. The van der Waals surface area contributed by atoms with Crippen LogP contribution in [-0.2, 0) is 4.79 Å². The smallest absolute Gasteiger partial charge is 0.251 e. The zero-order valence-electron chi connectivity index (χ0n) is 12.0. The van der Waals surface area contributed by atoms with Crippen molar-refractivity contribution >= 4 is 40.5 Å². The van der Waals surface area contributed by atoms with E-state index >= 15 is 0 Å². The van der Waals surface area contributed by atoms with Crippen LogP contribution in [0.25, 0.3) is 0 Å². The highest BCUT2D eigenvalue weighted by Gasteiger charge is 2.34. The maximum absolute atomic E-state index is 12.4. The van der Waals surface area contributed by atoms with Gasteiger partial charge in [0.15, 0.2) is 0 Å². The molecule has 0 saturated heterocycles. The number of carbonyl (C=O) groups excluding carboxylic acids is 1. The van der Waals surface area contributed by atoms with E-state index in [1.807, 2.05) is 30.3 Å². The Labute approximate surface area is 143 Å². The fourth-order valence-electron chi connectivity index (χ4n) is 2.99. The standard InChI is InChI=1S/C17H13Cl2N3O/c18-9-5-6-10(11(19)7-9)16-15-14(8-20-17(15)23)21-12-3-1-2-4-13(12)22-16/h1-7,16,21-22H,8H2,(H,20,23). The van der Waals surface area contributed by atoms with Crippen LogP contribution < -0.4 is 16.0 Å². The summed E-state index contributed by atoms with van der Waals surface area (Å²) in [6.45, 7) is 0.478. The average Bonchev–Trinajstić information content (AvgIpc) is 2.79. The first-order chi connectivity index (χ1) is 11.1. The Kier molecular flexibility index (Phi) is 3.43. The van der Waals surface area contributed by atoms with Crippen molar-refractivity contribution in [3.63, 3.8) is 0 Å². The van der Waals surface area contributed by atoms with Crippen molar-refractivity contribution in [1.29, 1.82) is 0 Å². The van der Waals surface area contributed by atoms with Gasteiger partial charge in [-0.25, -0.2) is 0 Å². The van der Waals surface area contributed by atoms with E-state index in [0.29, 0.717) is 22.2 Å². The first-order valence-electron chi connectivity index (χ1n) is 7.22. The van der Waals surface area contributed by atoms with Gasteiger partial charge >= 0.3 is 0 Å². The SMILES string of the molecule is O=C1NCC2=C1C(c1ccc(Cl)cc1Cl)Nc1ccccc1N2. The summed E-state index contributed by atoms with van der Waals surface area (Å²) in [5.41, 5.74) is 4.20. The van der Waals surface area contributed by atoms with E-state index in [-0.39, 0.29) is 11.9 Å². The van der Waals surface area contributed by atoms with E-state index in [4.69, 9.17) is 23.2 Å². The zero-order chi connectivity index (χ0) is 16.0. The van der Waals surface area contributed by atoms with Crippen LogP contribution in [0.5, 0.6) is 0 Å². The molecule has 4 nitrogen and oxygen atoms in total. The van der Waals surface area contributed by atoms with E-state index in [1.165, 1.54) is 0 Å². The van der Waals surface area contributed by atoms with Gasteiger partial charge in [-0.1, -0.05) is 41.4 Å². The minimum atomic E-state index is -0.339. The lowest BCUT2D eigenvalue weighted by Gasteiger charge is -2.21. The van der Waals surface area contributed by atoms with E-state index in [9.17, 15) is 4.79 Å². The summed E-state index contributed by atoms with van der Waals surface area (Å²) in [6, 6.07) is 12.8. The number of para-hydroxylation sites is 2. The minimum absolute atomic E-state index is 0.0937. The lowest BCUT2D eigenvalue weighted by molar-refractivity contribution is -0.116. The molecule has 3 N–H and O–H groups in total. The van der Waals surface area contributed by atoms with E-state index < -0.39 is 0 Å². The molecule has 0 aromatic heterocycles. The summed E-state index contributed by atoms with van der Waals surface area (Å²) in [5, 5.41) is 10.7. The van der Waals surface area contributed by atoms with E-state index in [2.05, 4.69) is 16.0 Å². The maximum atomic E-state index is 12.4. The number of anilines is 2. The third-order valence-electron chi connectivity index (χ3n) is 4.07. The Morgan fingerprint density at radius 2 is 1.83 bits per heavy atom. The summed E-state index contributed by atoms with van der Waals surface area (Å²) in [4.78, 5) is 12.4. The van der Waals surface area contributed by atoms with Gasteiger partial charge in [0, 0.05) is 15.7 Å². The Morgan fingerprint density at radius 1 is 1.04 bits per heavy atom. The monoisotopic (exact) mass is 345 g/mol. The van der Waals surface area contributed by atoms with Gasteiger partial charge in [0.05, 0.1) is 29.5 Å². The largest absolute Gasteiger partial charge is 0.372 e. The summed E-state index contributed by atoms with van der Waals surface area (Å²) in [7, 11) is 0. The highest BCUT2D eigenvalue weighted by Crippen LogP contribution is 2.40. The molecule has 1 amide bonds. The molecular formula is C17H13Cl2N3O. The van der Waals surface area contributed by atoms with Gasteiger partial charge < -0.3 is 16.0 Å². The van der Waals surface area contributed by atoms with Gasteiger partial charge in [0.2, 0.25) is 0 Å². The molecule has 2 aliphatic rings. The van der Waals surface area contributed by atoms with Crippen LogP contribution in [0.1, 0.15) is 11.6 Å². The van der Waals surface area contributed by atoms with Crippen LogP contribution in [0, 0.1) is 0 Å². The Hall–Kier alpha value is -2.17. The molecule has 0 fully saturated rings. The maximum Gasteiger partial charge on any atom is 0.251 e. The summed E-state index contributed by atoms with van der Waals surface area (Å²) < 4.78 is 0. The Morgan fingerprint density at radius 3 is 2.61 bits per heavy atom. The Balaban J connectivity index is 1.89. The van der Waals surface area contributed by atoms with Crippen LogP contribution in [0.15, 0.2) is 53.7 Å². The van der Waals surface area contributed by atoms with Gasteiger partial charge in [-0.2, -0.15) is 0 Å². The van der Waals surface area contributed by atoms with Crippen LogP contribution in [0.2, 0.25) is 10.0 Å². The first kappa shape index (κ1) is 14.4. The number of hydrogen-bond donors (Lipinski definition) is 3. The van der Waals surface area contributed by atoms with Gasteiger partial charge in [-0.15, -0.1) is 0 Å². The molecule has 2 aliphatic heterocycles. The molecule has 1 atom stereocenters. The van der Waals surface area contributed by atoms with Crippen molar-refractivity contribution < 1.29 is 4.79 Å². The van der Waals surface area contributed by atoms with Crippen LogP contribution >= 0.6 is 23.2 Å². The molecule has 2 aromatic rings. The molecule has 6 heteroatoms. The van der Waals surface area contributed by atoms with E-state index in [0.717, 1.165) is 22.6 Å². The lowest BCUT2D eigenvalue weighted by Crippen LogP contribution is -2.24. The molecule has 2 aromatic carbocycles. The van der Waals surface area contributed by atoms with Gasteiger partial charge in [0.25, 0.3) is 5.91 Å². The summed E-state index contributed by atoms with van der Waals surface area (Å²) in [6.07, 6.45) is 0. The first-order valence-corrected chi connectivity index (χ1v) is 7.98. The van der Waals surface area contributed by atoms with Crippen LogP contribution in [0.4, 0.5) is 11.4 Å². The van der Waals surface area contributed by atoms with Crippen molar-refractivity contribution in [3.05, 3.63) is 69.3 Å². The second-order valence-corrected chi connectivity index (χ2v) is 6.33. The highest BCUT2D eigenvalue weighted by molar-refractivity contribution is 6.35. The predicted molar refractivity (Wildman–Crippen MR) is 92.9 cm³/mol. The van der Waals surface area contributed by atoms with Crippen LogP contribution in [-0.4, -0.2) is 12.5 Å². The van der Waals surface area contributed by atoms with Crippen molar-refractivity contribution in [3.8, 4) is 0 Å². The van der Waals surface area contributed by atoms with E-state index in [1.54, 1.807) is 12.1 Å². The molecule has 0 aliphatic carbocycles. The Bertz CT molecular complexity index is 847. The van der Waals surface area contributed by atoms with Crippen molar-refractivity contribution in [2.45, 2.75) is 6.04 Å². The third kappa shape index (κ3) is 2.44. The second-order valence-electron chi connectivity index (χ2n) is 5.49. The molecule has 0 spiro atoms. The summed E-state index contributed by atoms with van der Waals surface area (Å²) >= 11 is 12.4. The molecule has 116 valence electrons.